The topological polar surface area (TPSA) is 76.8 Å². The molecule has 2 aliphatic heterocycles. The molecule has 0 radical (unpaired) electrons. The number of piperidine rings is 1. The lowest BCUT2D eigenvalue weighted by Gasteiger charge is -2.38. The number of hydrogen-bond acceptors (Lipinski definition) is 5. The average molecular weight is 414 g/mol. The molecule has 0 aliphatic carbocycles. The molecule has 0 unspecified atom stereocenters. The molecule has 1 spiro atoms. The molecule has 150 valence electrons. The number of aromatic nitrogens is 2. The summed E-state index contributed by atoms with van der Waals surface area (Å²) in [6.45, 7) is 2.87. The molecular formula is C21H20ClN3O4. The number of rotatable bonds is 2. The molecule has 0 bridgehead atoms. The van der Waals surface area contributed by atoms with Gasteiger partial charge in [-0.2, -0.15) is 0 Å². The maximum Gasteiger partial charge on any atom is 0.417 e. The quantitative estimate of drug-likeness (QED) is 0.677. The molecule has 2 aromatic carbocycles. The smallest absolute Gasteiger partial charge is 0.417 e. The molecule has 3 heterocycles. The molecule has 0 atom stereocenters. The highest BCUT2D eigenvalue weighted by Gasteiger charge is 2.39. The SMILES string of the molecule is O=C(O)n1c(-c2cc(N3CCC4(CC3)OCCO4)ccc2Cl)nc2ccccc21. The number of benzene rings is 2. The number of ether oxygens (including phenoxy) is 2. The number of nitrogens with zero attached hydrogens (tertiary/aromatic N) is 3. The third-order valence-electron chi connectivity index (χ3n) is 5.65. The Morgan fingerprint density at radius 3 is 2.55 bits per heavy atom. The van der Waals surface area contributed by atoms with E-state index in [0.717, 1.165) is 31.6 Å². The van der Waals surface area contributed by atoms with Gasteiger partial charge < -0.3 is 19.5 Å². The fourth-order valence-electron chi connectivity index (χ4n) is 4.17. The zero-order chi connectivity index (χ0) is 20.0. The standard InChI is InChI=1S/C21H20ClN3O4/c22-16-6-5-14(24-9-7-21(8-10-24)28-11-12-29-21)13-15(16)19-23-17-3-1-2-4-18(17)25(19)20(26)27/h1-6,13H,7-12H2,(H,26,27). The van der Waals surface area contributed by atoms with Gasteiger partial charge in [-0.15, -0.1) is 0 Å². The van der Waals surface area contributed by atoms with Crippen LogP contribution in [0.25, 0.3) is 22.4 Å². The van der Waals surface area contributed by atoms with Gasteiger partial charge in [0.25, 0.3) is 0 Å². The van der Waals surface area contributed by atoms with E-state index >= 15 is 0 Å². The molecule has 2 fully saturated rings. The summed E-state index contributed by atoms with van der Waals surface area (Å²) in [6, 6.07) is 12.8. The lowest BCUT2D eigenvalue weighted by atomic mass is 10.0. The van der Waals surface area contributed by atoms with E-state index in [9.17, 15) is 9.90 Å². The van der Waals surface area contributed by atoms with E-state index in [1.165, 1.54) is 4.57 Å². The Morgan fingerprint density at radius 1 is 1.10 bits per heavy atom. The number of para-hydroxylation sites is 2. The van der Waals surface area contributed by atoms with Crippen LogP contribution in [0.1, 0.15) is 12.8 Å². The molecule has 0 amide bonds. The number of hydrogen-bond donors (Lipinski definition) is 1. The molecule has 1 aromatic heterocycles. The number of carbonyl (C=O) groups is 1. The lowest BCUT2D eigenvalue weighted by molar-refractivity contribution is -0.169. The molecule has 1 N–H and O–H groups in total. The van der Waals surface area contributed by atoms with Crippen LogP contribution in [0.4, 0.5) is 10.5 Å². The molecule has 2 saturated heterocycles. The Balaban J connectivity index is 1.52. The van der Waals surface area contributed by atoms with Crippen LogP contribution in [0, 0.1) is 0 Å². The van der Waals surface area contributed by atoms with Gasteiger partial charge in [0, 0.05) is 37.2 Å². The number of halogens is 1. The van der Waals surface area contributed by atoms with E-state index in [1.54, 1.807) is 24.3 Å². The Labute approximate surface area is 172 Å². The van der Waals surface area contributed by atoms with Crippen LogP contribution < -0.4 is 4.90 Å². The van der Waals surface area contributed by atoms with Crippen LogP contribution in [0.5, 0.6) is 0 Å². The van der Waals surface area contributed by atoms with Crippen molar-refractivity contribution in [2.45, 2.75) is 18.6 Å². The maximum atomic E-state index is 12.0. The van der Waals surface area contributed by atoms with Crippen molar-refractivity contribution in [3.63, 3.8) is 0 Å². The maximum absolute atomic E-state index is 12.0. The van der Waals surface area contributed by atoms with Crippen molar-refractivity contribution in [3.05, 3.63) is 47.5 Å². The second-order valence-electron chi connectivity index (χ2n) is 7.30. The minimum Gasteiger partial charge on any atom is -0.464 e. The third-order valence-corrected chi connectivity index (χ3v) is 5.98. The lowest BCUT2D eigenvalue weighted by Crippen LogP contribution is -2.45. The fraction of sp³-hybridized carbons (Fsp3) is 0.333. The van der Waals surface area contributed by atoms with Crippen molar-refractivity contribution in [3.8, 4) is 11.4 Å². The Hall–Kier alpha value is -2.61. The van der Waals surface area contributed by atoms with Crippen LogP contribution >= 0.6 is 11.6 Å². The summed E-state index contributed by atoms with van der Waals surface area (Å²) in [4.78, 5) is 18.7. The highest BCUT2D eigenvalue weighted by molar-refractivity contribution is 6.33. The van der Waals surface area contributed by atoms with Crippen LogP contribution in [-0.2, 0) is 9.47 Å². The second-order valence-corrected chi connectivity index (χ2v) is 7.71. The van der Waals surface area contributed by atoms with E-state index in [1.807, 2.05) is 18.2 Å². The van der Waals surface area contributed by atoms with Crippen LogP contribution in [0.15, 0.2) is 42.5 Å². The van der Waals surface area contributed by atoms with E-state index in [2.05, 4.69) is 9.88 Å². The van der Waals surface area contributed by atoms with Crippen molar-refractivity contribution in [2.75, 3.05) is 31.2 Å². The summed E-state index contributed by atoms with van der Waals surface area (Å²) in [6.07, 6.45) is 0.489. The number of fused-ring (bicyclic) bond motifs is 1. The van der Waals surface area contributed by atoms with E-state index < -0.39 is 11.9 Å². The van der Waals surface area contributed by atoms with Gasteiger partial charge >= 0.3 is 6.09 Å². The van der Waals surface area contributed by atoms with Gasteiger partial charge in [0.05, 0.1) is 29.3 Å². The zero-order valence-electron chi connectivity index (χ0n) is 15.7. The van der Waals surface area contributed by atoms with E-state index in [0.29, 0.717) is 40.7 Å². The molecule has 7 nitrogen and oxygen atoms in total. The number of carboxylic acid groups (broad SMARTS) is 1. The van der Waals surface area contributed by atoms with Gasteiger partial charge in [-0.1, -0.05) is 23.7 Å². The van der Waals surface area contributed by atoms with Crippen molar-refractivity contribution in [2.24, 2.45) is 0 Å². The number of imidazole rings is 1. The second kappa shape index (κ2) is 7.02. The van der Waals surface area contributed by atoms with Gasteiger partial charge in [-0.05, 0) is 30.3 Å². The van der Waals surface area contributed by atoms with Crippen LogP contribution in [0.3, 0.4) is 0 Å². The van der Waals surface area contributed by atoms with E-state index in [4.69, 9.17) is 21.1 Å². The summed E-state index contributed by atoms with van der Waals surface area (Å²) in [7, 11) is 0. The summed E-state index contributed by atoms with van der Waals surface area (Å²) < 4.78 is 12.8. The molecule has 3 aromatic rings. The predicted octanol–water partition coefficient (Wildman–Crippen LogP) is 4.23. The van der Waals surface area contributed by atoms with Crippen molar-refractivity contribution < 1.29 is 19.4 Å². The zero-order valence-corrected chi connectivity index (χ0v) is 16.4. The van der Waals surface area contributed by atoms with Gasteiger partial charge in [-0.3, -0.25) is 0 Å². The van der Waals surface area contributed by atoms with Crippen LogP contribution in [0.2, 0.25) is 5.02 Å². The van der Waals surface area contributed by atoms with Crippen molar-refractivity contribution in [1.29, 1.82) is 0 Å². The molecule has 29 heavy (non-hydrogen) atoms. The molecule has 2 aliphatic rings. The molecular weight excluding hydrogens is 394 g/mol. The summed E-state index contributed by atoms with van der Waals surface area (Å²) in [5.41, 5.74) is 2.71. The van der Waals surface area contributed by atoms with Crippen molar-refractivity contribution >= 4 is 34.4 Å². The normalized spacial score (nSPS) is 18.6. The first kappa shape index (κ1) is 18.4. The van der Waals surface area contributed by atoms with E-state index in [-0.39, 0.29) is 0 Å². The minimum absolute atomic E-state index is 0.321. The van der Waals surface area contributed by atoms with Crippen molar-refractivity contribution in [1.82, 2.24) is 9.55 Å². The minimum atomic E-state index is -1.09. The molecule has 8 heteroatoms. The predicted molar refractivity (Wildman–Crippen MR) is 110 cm³/mol. The third kappa shape index (κ3) is 3.15. The summed E-state index contributed by atoms with van der Waals surface area (Å²) in [5.74, 6) is -0.121. The fourth-order valence-corrected chi connectivity index (χ4v) is 4.37. The van der Waals surface area contributed by atoms with Gasteiger partial charge in [0.15, 0.2) is 11.6 Å². The first-order valence-corrected chi connectivity index (χ1v) is 9.98. The Kier molecular flexibility index (Phi) is 4.46. The highest BCUT2D eigenvalue weighted by atomic mass is 35.5. The van der Waals surface area contributed by atoms with Gasteiger partial charge in [0.2, 0.25) is 0 Å². The first-order chi connectivity index (χ1) is 14.1. The summed E-state index contributed by atoms with van der Waals surface area (Å²) in [5, 5.41) is 10.2. The van der Waals surface area contributed by atoms with Crippen LogP contribution in [-0.4, -0.2) is 52.8 Å². The molecule has 5 rings (SSSR count). The first-order valence-electron chi connectivity index (χ1n) is 9.60. The summed E-state index contributed by atoms with van der Waals surface area (Å²) >= 11 is 6.47. The Bertz CT molecular complexity index is 1080. The van der Waals surface area contributed by atoms with Gasteiger partial charge in [-0.25, -0.2) is 14.3 Å². The Morgan fingerprint density at radius 2 is 1.83 bits per heavy atom. The average Bonchev–Trinajstić information content (AvgIpc) is 3.34. The largest absolute Gasteiger partial charge is 0.464 e. The highest BCUT2D eigenvalue weighted by Crippen LogP contribution is 2.37. The van der Waals surface area contributed by atoms with Gasteiger partial charge in [0.1, 0.15) is 0 Å². The number of anilines is 1. The monoisotopic (exact) mass is 413 g/mol. The molecule has 0 saturated carbocycles.